The van der Waals surface area contributed by atoms with E-state index in [0.29, 0.717) is 6.54 Å². The van der Waals surface area contributed by atoms with E-state index in [-0.39, 0.29) is 11.8 Å². The number of amides is 2. The van der Waals surface area contributed by atoms with Crippen LogP contribution in [0.1, 0.15) is 43.7 Å². The fourth-order valence-corrected chi connectivity index (χ4v) is 4.40. The van der Waals surface area contributed by atoms with E-state index < -0.39 is 11.1 Å². The third kappa shape index (κ3) is 2.52. The maximum atomic E-state index is 13.7. The maximum Gasteiger partial charge on any atom is 0.253 e. The zero-order valence-corrected chi connectivity index (χ0v) is 15.1. The molecule has 2 aliphatic rings. The molecule has 1 saturated carbocycles. The first-order valence-electron chi connectivity index (χ1n) is 9.30. The van der Waals surface area contributed by atoms with Crippen LogP contribution in [-0.2, 0) is 21.7 Å². The number of benzene rings is 2. The summed E-state index contributed by atoms with van der Waals surface area (Å²) < 4.78 is 0. The highest BCUT2D eigenvalue weighted by atomic mass is 16.2. The molecular formula is C22H24N2O2. The first-order chi connectivity index (χ1) is 12.6. The second-order valence-electron chi connectivity index (χ2n) is 7.56. The summed E-state index contributed by atoms with van der Waals surface area (Å²) in [5, 5.41) is 3.08. The molecule has 1 atom stereocenters. The van der Waals surface area contributed by atoms with Crippen molar-refractivity contribution in [3.05, 3.63) is 71.8 Å². The van der Waals surface area contributed by atoms with Crippen LogP contribution in [0.4, 0.5) is 0 Å². The molecule has 1 heterocycles. The Hall–Kier alpha value is -2.62. The molecule has 1 saturated heterocycles. The average Bonchev–Trinajstić information content (AvgIpc) is 3.17. The third-order valence-electron chi connectivity index (χ3n) is 5.94. The Morgan fingerprint density at radius 1 is 0.923 bits per heavy atom. The molecule has 26 heavy (non-hydrogen) atoms. The lowest BCUT2D eigenvalue weighted by Crippen LogP contribution is -2.72. The fraction of sp³-hybridized carbons (Fsp3) is 0.364. The molecule has 1 spiro atoms. The molecule has 2 aromatic rings. The first kappa shape index (κ1) is 16.8. The molecule has 134 valence electrons. The summed E-state index contributed by atoms with van der Waals surface area (Å²) in [5.41, 5.74) is 0.142. The molecule has 4 heteroatoms. The normalized spacial score (nSPS) is 24.7. The minimum absolute atomic E-state index is 0.0168. The van der Waals surface area contributed by atoms with Gasteiger partial charge in [-0.15, -0.1) is 0 Å². The molecule has 4 nitrogen and oxygen atoms in total. The van der Waals surface area contributed by atoms with Gasteiger partial charge in [0.2, 0.25) is 5.91 Å². The van der Waals surface area contributed by atoms with Crippen LogP contribution in [-0.4, -0.2) is 22.3 Å². The van der Waals surface area contributed by atoms with Crippen molar-refractivity contribution in [1.82, 2.24) is 10.2 Å². The predicted molar refractivity (Wildman–Crippen MR) is 100 cm³/mol. The molecule has 2 aromatic carbocycles. The van der Waals surface area contributed by atoms with Crippen LogP contribution in [0.3, 0.4) is 0 Å². The van der Waals surface area contributed by atoms with Gasteiger partial charge >= 0.3 is 0 Å². The van der Waals surface area contributed by atoms with Crippen molar-refractivity contribution in [3.63, 3.8) is 0 Å². The molecule has 1 aliphatic heterocycles. The van der Waals surface area contributed by atoms with Crippen LogP contribution in [0.5, 0.6) is 0 Å². The highest BCUT2D eigenvalue weighted by Gasteiger charge is 2.58. The number of nitrogens with zero attached hydrogens (tertiary/aromatic N) is 1. The Morgan fingerprint density at radius 2 is 1.50 bits per heavy atom. The van der Waals surface area contributed by atoms with Crippen LogP contribution in [0.2, 0.25) is 0 Å². The molecule has 1 aliphatic carbocycles. The van der Waals surface area contributed by atoms with Crippen LogP contribution in [0, 0.1) is 0 Å². The van der Waals surface area contributed by atoms with Gasteiger partial charge in [-0.1, -0.05) is 73.5 Å². The summed E-state index contributed by atoms with van der Waals surface area (Å²) in [6.07, 6.45) is 3.44. The fourth-order valence-electron chi connectivity index (χ4n) is 4.40. The van der Waals surface area contributed by atoms with Crippen molar-refractivity contribution in [1.29, 1.82) is 0 Å². The molecule has 2 fully saturated rings. The molecule has 2 amide bonds. The van der Waals surface area contributed by atoms with Gasteiger partial charge in [-0.3, -0.25) is 9.59 Å². The molecule has 0 aromatic heterocycles. The summed E-state index contributed by atoms with van der Waals surface area (Å²) in [6, 6.07) is 19.5. The number of piperazine rings is 1. The summed E-state index contributed by atoms with van der Waals surface area (Å²) in [6.45, 7) is 2.29. The largest absolute Gasteiger partial charge is 0.336 e. The number of carbonyl (C=O) groups excluding carboxylic acids is 2. The van der Waals surface area contributed by atoms with Gasteiger partial charge in [0.25, 0.3) is 5.91 Å². The van der Waals surface area contributed by atoms with Gasteiger partial charge in [0.1, 0.15) is 11.1 Å². The zero-order chi connectivity index (χ0) is 18.2. The lowest BCUT2D eigenvalue weighted by molar-refractivity contribution is -0.164. The highest BCUT2D eigenvalue weighted by molar-refractivity contribution is 6.02. The SMILES string of the molecule is CC1(c2ccccc2)NC(=O)C2(CCCC2)N(Cc2ccccc2)C1=O. The third-order valence-corrected chi connectivity index (χ3v) is 5.94. The molecule has 0 radical (unpaired) electrons. The molecular weight excluding hydrogens is 324 g/mol. The molecule has 0 bridgehead atoms. The van der Waals surface area contributed by atoms with E-state index in [9.17, 15) is 9.59 Å². The van der Waals surface area contributed by atoms with E-state index in [1.807, 2.05) is 72.5 Å². The minimum Gasteiger partial charge on any atom is -0.336 e. The van der Waals surface area contributed by atoms with E-state index in [4.69, 9.17) is 0 Å². The number of rotatable bonds is 3. The average molecular weight is 348 g/mol. The van der Waals surface area contributed by atoms with E-state index in [0.717, 1.165) is 36.8 Å². The van der Waals surface area contributed by atoms with Gasteiger partial charge in [0.15, 0.2) is 0 Å². The standard InChI is InChI=1S/C22H24N2O2/c1-21(18-12-6-3-7-13-18)20(26)24(16-17-10-4-2-5-11-17)22(19(25)23-21)14-8-9-15-22/h2-7,10-13H,8-9,14-16H2,1H3,(H,23,25). The van der Waals surface area contributed by atoms with E-state index in [1.54, 1.807) is 0 Å². The van der Waals surface area contributed by atoms with Crippen molar-refractivity contribution in [2.24, 2.45) is 0 Å². The predicted octanol–water partition coefficient (Wildman–Crippen LogP) is 3.37. The number of hydrogen-bond acceptors (Lipinski definition) is 2. The van der Waals surface area contributed by atoms with Crippen molar-refractivity contribution < 1.29 is 9.59 Å². The lowest BCUT2D eigenvalue weighted by Gasteiger charge is -2.50. The monoisotopic (exact) mass is 348 g/mol. The summed E-state index contributed by atoms with van der Waals surface area (Å²) >= 11 is 0. The second-order valence-corrected chi connectivity index (χ2v) is 7.56. The van der Waals surface area contributed by atoms with E-state index >= 15 is 0 Å². The summed E-state index contributed by atoms with van der Waals surface area (Å²) in [4.78, 5) is 28.8. The van der Waals surface area contributed by atoms with Crippen molar-refractivity contribution in [3.8, 4) is 0 Å². The minimum atomic E-state index is -1.03. The second kappa shape index (κ2) is 6.27. The lowest BCUT2D eigenvalue weighted by atomic mass is 9.81. The number of hydrogen-bond donors (Lipinski definition) is 1. The van der Waals surface area contributed by atoms with Crippen LogP contribution >= 0.6 is 0 Å². The van der Waals surface area contributed by atoms with Gasteiger partial charge in [0.05, 0.1) is 0 Å². The van der Waals surface area contributed by atoms with E-state index in [1.165, 1.54) is 0 Å². The summed E-state index contributed by atoms with van der Waals surface area (Å²) in [5.74, 6) is -0.0362. The van der Waals surface area contributed by atoms with E-state index in [2.05, 4.69) is 5.32 Å². The first-order valence-corrected chi connectivity index (χ1v) is 9.30. The van der Waals surface area contributed by atoms with Crippen molar-refractivity contribution in [2.45, 2.75) is 50.2 Å². The molecule has 4 rings (SSSR count). The van der Waals surface area contributed by atoms with Gasteiger partial charge in [0, 0.05) is 6.54 Å². The Morgan fingerprint density at radius 3 is 2.12 bits per heavy atom. The number of carbonyl (C=O) groups is 2. The maximum absolute atomic E-state index is 13.7. The Bertz CT molecular complexity index is 813. The van der Waals surface area contributed by atoms with Gasteiger partial charge in [-0.2, -0.15) is 0 Å². The Kier molecular flexibility index (Phi) is 4.06. The van der Waals surface area contributed by atoms with Crippen molar-refractivity contribution in [2.75, 3.05) is 0 Å². The van der Waals surface area contributed by atoms with Gasteiger partial charge in [-0.25, -0.2) is 0 Å². The van der Waals surface area contributed by atoms with Crippen LogP contribution in [0.25, 0.3) is 0 Å². The Balaban J connectivity index is 1.77. The highest BCUT2D eigenvalue weighted by Crippen LogP contribution is 2.43. The van der Waals surface area contributed by atoms with Crippen LogP contribution in [0.15, 0.2) is 60.7 Å². The van der Waals surface area contributed by atoms with Gasteiger partial charge in [-0.05, 0) is 30.9 Å². The zero-order valence-electron chi connectivity index (χ0n) is 15.1. The van der Waals surface area contributed by atoms with Crippen molar-refractivity contribution >= 4 is 11.8 Å². The van der Waals surface area contributed by atoms with Gasteiger partial charge < -0.3 is 10.2 Å². The number of nitrogens with one attached hydrogen (secondary N) is 1. The quantitative estimate of drug-likeness (QED) is 0.924. The smallest absolute Gasteiger partial charge is 0.253 e. The Labute approximate surface area is 154 Å². The molecule has 1 N–H and O–H groups in total. The summed E-state index contributed by atoms with van der Waals surface area (Å²) in [7, 11) is 0. The topological polar surface area (TPSA) is 49.4 Å². The van der Waals surface area contributed by atoms with Crippen LogP contribution < -0.4 is 5.32 Å². The molecule has 1 unspecified atom stereocenters.